The molecule has 1 amide bonds. The number of nitrogens with zero attached hydrogens (tertiary/aromatic N) is 1. The molecule has 5 heteroatoms. The predicted molar refractivity (Wildman–Crippen MR) is 71.3 cm³/mol. The molecule has 1 aromatic carbocycles. The van der Waals surface area contributed by atoms with Gasteiger partial charge in [-0.1, -0.05) is 6.92 Å². The Balaban J connectivity index is 1.94. The Morgan fingerprint density at radius 1 is 1.32 bits per heavy atom. The van der Waals surface area contributed by atoms with Crippen LogP contribution in [-0.4, -0.2) is 17.2 Å². The number of phenolic OH excluding ortho intramolecular Hbond substituents is 1. The zero-order chi connectivity index (χ0) is 13.7. The van der Waals surface area contributed by atoms with Gasteiger partial charge in [-0.25, -0.2) is 5.43 Å². The number of carbonyl (C=O) groups excluding carboxylic acids is 1. The highest BCUT2D eigenvalue weighted by Gasteiger charge is 2.03. The molecule has 0 aliphatic rings. The lowest BCUT2D eigenvalue weighted by molar-refractivity contribution is 0.0955. The monoisotopic (exact) mass is 258 g/mol. The maximum Gasteiger partial charge on any atom is 0.271 e. The highest BCUT2D eigenvalue weighted by molar-refractivity contribution is 5.94. The van der Waals surface area contributed by atoms with E-state index < -0.39 is 0 Å². The van der Waals surface area contributed by atoms with E-state index in [1.54, 1.807) is 6.07 Å². The molecule has 1 heterocycles. The van der Waals surface area contributed by atoms with E-state index in [4.69, 9.17) is 9.52 Å². The topological polar surface area (TPSA) is 74.8 Å². The lowest BCUT2D eigenvalue weighted by Crippen LogP contribution is -2.17. The van der Waals surface area contributed by atoms with Crippen LogP contribution in [0.1, 0.15) is 28.8 Å². The van der Waals surface area contributed by atoms with Crippen LogP contribution < -0.4 is 5.43 Å². The van der Waals surface area contributed by atoms with Crippen molar-refractivity contribution in [2.24, 2.45) is 5.10 Å². The molecule has 0 bridgehead atoms. The number of carbonyl (C=O) groups is 1. The summed E-state index contributed by atoms with van der Waals surface area (Å²) in [6, 6.07) is 9.57. The fourth-order valence-electron chi connectivity index (χ4n) is 1.49. The van der Waals surface area contributed by atoms with Gasteiger partial charge in [0.05, 0.1) is 6.21 Å². The van der Waals surface area contributed by atoms with E-state index in [0.717, 1.165) is 12.2 Å². The molecule has 5 nitrogen and oxygen atoms in total. The van der Waals surface area contributed by atoms with E-state index in [0.29, 0.717) is 11.3 Å². The minimum atomic E-state index is -0.349. The lowest BCUT2D eigenvalue weighted by atomic mass is 10.2. The van der Waals surface area contributed by atoms with E-state index in [9.17, 15) is 4.79 Å². The molecule has 2 N–H and O–H groups in total. The molecule has 0 radical (unpaired) electrons. The Morgan fingerprint density at radius 2 is 2.05 bits per heavy atom. The summed E-state index contributed by atoms with van der Waals surface area (Å²) in [5, 5.41) is 12.9. The van der Waals surface area contributed by atoms with Gasteiger partial charge in [0.2, 0.25) is 0 Å². The largest absolute Gasteiger partial charge is 0.508 e. The Labute approximate surface area is 110 Å². The van der Waals surface area contributed by atoms with Gasteiger partial charge in [0.25, 0.3) is 5.91 Å². The van der Waals surface area contributed by atoms with Gasteiger partial charge < -0.3 is 9.52 Å². The third kappa shape index (κ3) is 3.45. The molecule has 0 fully saturated rings. The number of hydrogen-bond acceptors (Lipinski definition) is 4. The molecule has 1 aromatic heterocycles. The molecular weight excluding hydrogens is 244 g/mol. The Kier molecular flexibility index (Phi) is 3.97. The number of rotatable bonds is 4. The number of phenols is 1. The van der Waals surface area contributed by atoms with Crippen LogP contribution in [0.25, 0.3) is 0 Å². The number of furan rings is 1. The zero-order valence-corrected chi connectivity index (χ0v) is 10.5. The van der Waals surface area contributed by atoms with E-state index in [-0.39, 0.29) is 11.7 Å². The van der Waals surface area contributed by atoms with Gasteiger partial charge in [-0.05, 0) is 36.4 Å². The van der Waals surface area contributed by atoms with Crippen molar-refractivity contribution < 1.29 is 14.3 Å². The molecule has 0 unspecified atom stereocenters. The van der Waals surface area contributed by atoms with E-state index in [1.165, 1.54) is 30.5 Å². The standard InChI is InChI=1S/C14H14N2O3/c1-2-12-7-8-13(19-12)9-15-16-14(18)10-3-5-11(17)6-4-10/h3-9,17H,2H2,1H3,(H,16,18). The molecule has 0 aliphatic carbocycles. The Hall–Kier alpha value is -2.56. The summed E-state index contributed by atoms with van der Waals surface area (Å²) in [4.78, 5) is 11.7. The first kappa shape index (κ1) is 12.9. The third-order valence-electron chi connectivity index (χ3n) is 2.52. The minimum absolute atomic E-state index is 0.114. The molecule has 0 spiro atoms. The van der Waals surface area contributed by atoms with Gasteiger partial charge in [-0.3, -0.25) is 4.79 Å². The van der Waals surface area contributed by atoms with Crippen molar-refractivity contribution >= 4 is 12.1 Å². The van der Waals surface area contributed by atoms with Gasteiger partial charge >= 0.3 is 0 Å². The van der Waals surface area contributed by atoms with Gasteiger partial charge in [0.1, 0.15) is 17.3 Å². The summed E-state index contributed by atoms with van der Waals surface area (Å²) in [7, 11) is 0. The maximum absolute atomic E-state index is 11.7. The van der Waals surface area contributed by atoms with Crippen LogP contribution in [0.2, 0.25) is 0 Å². The second kappa shape index (κ2) is 5.86. The third-order valence-corrected chi connectivity index (χ3v) is 2.52. The summed E-state index contributed by atoms with van der Waals surface area (Å²) in [5.74, 6) is 1.22. The van der Waals surface area contributed by atoms with Crippen LogP contribution in [0.4, 0.5) is 0 Å². The molecule has 0 atom stereocenters. The molecule has 0 aliphatic heterocycles. The van der Waals surface area contributed by atoms with E-state index in [2.05, 4.69) is 10.5 Å². The molecule has 19 heavy (non-hydrogen) atoms. The van der Waals surface area contributed by atoms with Crippen LogP contribution in [0, 0.1) is 0 Å². The average Bonchev–Trinajstić information content (AvgIpc) is 2.87. The number of benzene rings is 1. The molecule has 0 saturated heterocycles. The number of hydrazone groups is 1. The fourth-order valence-corrected chi connectivity index (χ4v) is 1.49. The normalized spacial score (nSPS) is 10.8. The van der Waals surface area contributed by atoms with Crippen LogP contribution in [0.15, 0.2) is 45.9 Å². The number of aromatic hydroxyl groups is 1. The highest BCUT2D eigenvalue weighted by Crippen LogP contribution is 2.09. The minimum Gasteiger partial charge on any atom is -0.508 e. The highest BCUT2D eigenvalue weighted by atomic mass is 16.3. The second-order valence-corrected chi connectivity index (χ2v) is 3.90. The molecule has 2 aromatic rings. The number of amides is 1. The second-order valence-electron chi connectivity index (χ2n) is 3.90. The zero-order valence-electron chi connectivity index (χ0n) is 10.5. The molecule has 2 rings (SSSR count). The van der Waals surface area contributed by atoms with Gasteiger partial charge in [-0.2, -0.15) is 5.10 Å². The first-order valence-corrected chi connectivity index (χ1v) is 5.90. The van der Waals surface area contributed by atoms with Crippen LogP contribution >= 0.6 is 0 Å². The summed E-state index contributed by atoms with van der Waals surface area (Å²) in [5.41, 5.74) is 2.80. The SMILES string of the molecule is CCc1ccc(C=NNC(=O)c2ccc(O)cc2)o1. The van der Waals surface area contributed by atoms with Crippen molar-refractivity contribution in [3.05, 3.63) is 53.5 Å². The predicted octanol–water partition coefficient (Wildman–Crippen LogP) is 2.31. The molecule has 98 valence electrons. The summed E-state index contributed by atoms with van der Waals surface area (Å²) < 4.78 is 5.40. The lowest BCUT2D eigenvalue weighted by Gasteiger charge is -1.99. The van der Waals surface area contributed by atoms with Crippen molar-refractivity contribution in [1.29, 1.82) is 0 Å². The van der Waals surface area contributed by atoms with E-state index >= 15 is 0 Å². The van der Waals surface area contributed by atoms with Crippen LogP contribution in [0.5, 0.6) is 5.75 Å². The quantitative estimate of drug-likeness (QED) is 0.652. The van der Waals surface area contributed by atoms with Gasteiger partial charge in [0, 0.05) is 12.0 Å². The number of aryl methyl sites for hydroxylation is 1. The van der Waals surface area contributed by atoms with Crippen molar-refractivity contribution in [3.8, 4) is 5.75 Å². The average molecular weight is 258 g/mol. The Bertz CT molecular complexity index is 585. The van der Waals surface area contributed by atoms with Crippen molar-refractivity contribution in [2.45, 2.75) is 13.3 Å². The smallest absolute Gasteiger partial charge is 0.271 e. The van der Waals surface area contributed by atoms with Crippen molar-refractivity contribution in [3.63, 3.8) is 0 Å². The Morgan fingerprint density at radius 3 is 2.68 bits per heavy atom. The molecule has 0 saturated carbocycles. The summed E-state index contributed by atoms with van der Waals surface area (Å²) >= 11 is 0. The van der Waals surface area contributed by atoms with Gasteiger partial charge in [0.15, 0.2) is 0 Å². The van der Waals surface area contributed by atoms with Gasteiger partial charge in [-0.15, -0.1) is 0 Å². The van der Waals surface area contributed by atoms with Crippen LogP contribution in [-0.2, 0) is 6.42 Å². The summed E-state index contributed by atoms with van der Waals surface area (Å²) in [6.45, 7) is 1.99. The van der Waals surface area contributed by atoms with Crippen molar-refractivity contribution in [2.75, 3.05) is 0 Å². The maximum atomic E-state index is 11.7. The number of hydrogen-bond donors (Lipinski definition) is 2. The first-order chi connectivity index (χ1) is 9.19. The first-order valence-electron chi connectivity index (χ1n) is 5.90. The summed E-state index contributed by atoms with van der Waals surface area (Å²) in [6.07, 6.45) is 2.26. The fraction of sp³-hybridized carbons (Fsp3) is 0.143. The van der Waals surface area contributed by atoms with Crippen molar-refractivity contribution in [1.82, 2.24) is 5.43 Å². The molecular formula is C14H14N2O3. The number of nitrogens with one attached hydrogen (secondary N) is 1. The van der Waals surface area contributed by atoms with E-state index in [1.807, 2.05) is 13.0 Å². The van der Waals surface area contributed by atoms with Crippen LogP contribution in [0.3, 0.4) is 0 Å².